The van der Waals surface area contributed by atoms with Gasteiger partial charge in [-0.2, -0.15) is 9.36 Å². The van der Waals surface area contributed by atoms with Crippen LogP contribution in [0.15, 0.2) is 18.2 Å². The van der Waals surface area contributed by atoms with Gasteiger partial charge in [0.1, 0.15) is 5.75 Å². The third kappa shape index (κ3) is 3.45. The van der Waals surface area contributed by atoms with Crippen molar-refractivity contribution in [1.82, 2.24) is 9.36 Å². The SMILES string of the molecule is CC(C)(C)c1nsc(Oc2cc(C(=O)O)ccc2I)n1. The van der Waals surface area contributed by atoms with Gasteiger partial charge in [-0.15, -0.1) is 0 Å². The highest BCUT2D eigenvalue weighted by atomic mass is 127. The van der Waals surface area contributed by atoms with Crippen LogP contribution >= 0.6 is 34.1 Å². The molecular formula is C13H13IN2O3S. The Kier molecular flexibility index (Phi) is 4.28. The fourth-order valence-electron chi connectivity index (χ4n) is 1.36. The zero-order valence-electron chi connectivity index (χ0n) is 11.2. The van der Waals surface area contributed by atoms with Crippen LogP contribution in [0.1, 0.15) is 37.0 Å². The van der Waals surface area contributed by atoms with Crippen molar-refractivity contribution in [2.45, 2.75) is 26.2 Å². The van der Waals surface area contributed by atoms with E-state index in [-0.39, 0.29) is 11.0 Å². The molecule has 20 heavy (non-hydrogen) atoms. The monoisotopic (exact) mass is 404 g/mol. The second-order valence-electron chi connectivity index (χ2n) is 5.19. The number of aromatic carboxylic acids is 1. The molecule has 0 saturated carbocycles. The fraction of sp³-hybridized carbons (Fsp3) is 0.308. The molecule has 2 rings (SSSR count). The van der Waals surface area contributed by atoms with Gasteiger partial charge in [0.25, 0.3) is 5.19 Å². The van der Waals surface area contributed by atoms with Crippen LogP contribution in [0.3, 0.4) is 0 Å². The Labute approximate surface area is 134 Å². The van der Waals surface area contributed by atoms with E-state index in [4.69, 9.17) is 9.84 Å². The highest BCUT2D eigenvalue weighted by Gasteiger charge is 2.20. The molecule has 0 radical (unpaired) electrons. The van der Waals surface area contributed by atoms with Crippen LogP contribution < -0.4 is 4.74 Å². The zero-order chi connectivity index (χ0) is 14.9. The quantitative estimate of drug-likeness (QED) is 0.785. The summed E-state index contributed by atoms with van der Waals surface area (Å²) in [5.41, 5.74) is 0.0368. The van der Waals surface area contributed by atoms with Crippen LogP contribution in [0.5, 0.6) is 10.9 Å². The van der Waals surface area contributed by atoms with Gasteiger partial charge in [0.2, 0.25) is 0 Å². The van der Waals surface area contributed by atoms with Crippen molar-refractivity contribution in [2.24, 2.45) is 0 Å². The first-order chi connectivity index (χ1) is 9.27. The number of ether oxygens (including phenoxy) is 1. The van der Waals surface area contributed by atoms with Crippen molar-refractivity contribution in [3.05, 3.63) is 33.2 Å². The van der Waals surface area contributed by atoms with E-state index in [0.29, 0.717) is 16.8 Å². The predicted octanol–water partition coefficient (Wildman–Crippen LogP) is 3.93. The first kappa shape index (κ1) is 15.2. The summed E-state index contributed by atoms with van der Waals surface area (Å²) in [4.78, 5) is 15.3. The molecule has 1 heterocycles. The third-order valence-corrected chi connectivity index (χ3v) is 3.94. The second kappa shape index (κ2) is 5.65. The smallest absolute Gasteiger partial charge is 0.335 e. The van der Waals surface area contributed by atoms with Gasteiger partial charge in [-0.25, -0.2) is 4.79 Å². The predicted molar refractivity (Wildman–Crippen MR) is 84.8 cm³/mol. The number of halogens is 1. The molecule has 0 amide bonds. The first-order valence-electron chi connectivity index (χ1n) is 5.82. The number of rotatable bonds is 3. The molecule has 1 N–H and O–H groups in total. The standard InChI is InChI=1S/C13H13IN2O3S/c1-13(2,3)11-15-12(20-16-11)19-9-6-7(10(17)18)4-5-8(9)14/h4-6H,1-3H3,(H,17,18). The van der Waals surface area contributed by atoms with Gasteiger partial charge >= 0.3 is 5.97 Å². The molecule has 0 unspecified atom stereocenters. The van der Waals surface area contributed by atoms with Crippen molar-refractivity contribution in [3.8, 4) is 10.9 Å². The van der Waals surface area contributed by atoms with Crippen molar-refractivity contribution in [1.29, 1.82) is 0 Å². The van der Waals surface area contributed by atoms with Gasteiger partial charge in [0.15, 0.2) is 5.82 Å². The second-order valence-corrected chi connectivity index (χ2v) is 7.06. The minimum absolute atomic E-state index is 0.145. The van der Waals surface area contributed by atoms with Crippen molar-refractivity contribution < 1.29 is 14.6 Å². The van der Waals surface area contributed by atoms with E-state index in [1.54, 1.807) is 6.07 Å². The van der Waals surface area contributed by atoms with E-state index in [2.05, 4.69) is 31.9 Å². The molecule has 0 aliphatic rings. The minimum Gasteiger partial charge on any atom is -0.478 e. The maximum absolute atomic E-state index is 11.0. The molecule has 1 aromatic heterocycles. The van der Waals surface area contributed by atoms with E-state index >= 15 is 0 Å². The van der Waals surface area contributed by atoms with Crippen LogP contribution in [0, 0.1) is 3.57 Å². The Morgan fingerprint density at radius 2 is 2.10 bits per heavy atom. The summed E-state index contributed by atoms with van der Waals surface area (Å²) < 4.78 is 10.7. The Morgan fingerprint density at radius 3 is 2.65 bits per heavy atom. The zero-order valence-corrected chi connectivity index (χ0v) is 14.2. The Hall–Kier alpha value is -1.22. The largest absolute Gasteiger partial charge is 0.478 e. The third-order valence-electron chi connectivity index (χ3n) is 2.45. The van der Waals surface area contributed by atoms with Crippen LogP contribution in [-0.4, -0.2) is 20.4 Å². The van der Waals surface area contributed by atoms with Crippen molar-refractivity contribution in [2.75, 3.05) is 0 Å². The van der Waals surface area contributed by atoms with E-state index < -0.39 is 5.97 Å². The van der Waals surface area contributed by atoms with Crippen LogP contribution in [0.2, 0.25) is 0 Å². The number of carboxylic acids is 1. The summed E-state index contributed by atoms with van der Waals surface area (Å²) in [6.45, 7) is 6.06. The average Bonchev–Trinajstić information content (AvgIpc) is 2.80. The summed E-state index contributed by atoms with van der Waals surface area (Å²) in [6.07, 6.45) is 0. The summed E-state index contributed by atoms with van der Waals surface area (Å²) in [5.74, 6) is 0.197. The van der Waals surface area contributed by atoms with Gasteiger partial charge in [-0.3, -0.25) is 0 Å². The fourth-order valence-corrected chi connectivity index (χ4v) is 2.54. The van der Waals surface area contributed by atoms with E-state index in [1.807, 2.05) is 20.8 Å². The molecule has 1 aromatic carbocycles. The first-order valence-corrected chi connectivity index (χ1v) is 7.67. The van der Waals surface area contributed by atoms with E-state index in [0.717, 1.165) is 15.1 Å². The normalized spacial score (nSPS) is 11.4. The van der Waals surface area contributed by atoms with E-state index in [1.165, 1.54) is 12.1 Å². The lowest BCUT2D eigenvalue weighted by atomic mass is 9.96. The van der Waals surface area contributed by atoms with Gasteiger partial charge in [-0.1, -0.05) is 20.8 Å². The van der Waals surface area contributed by atoms with Gasteiger partial charge in [0, 0.05) is 16.9 Å². The summed E-state index contributed by atoms with van der Waals surface area (Å²) >= 11 is 3.25. The summed E-state index contributed by atoms with van der Waals surface area (Å²) in [5, 5.41) is 9.41. The molecular weight excluding hydrogens is 391 g/mol. The van der Waals surface area contributed by atoms with E-state index in [9.17, 15) is 4.79 Å². The lowest BCUT2D eigenvalue weighted by molar-refractivity contribution is 0.0696. The molecule has 106 valence electrons. The number of carbonyl (C=O) groups is 1. The molecule has 0 fully saturated rings. The Balaban J connectivity index is 2.28. The maximum atomic E-state index is 11.0. The number of benzene rings is 1. The highest BCUT2D eigenvalue weighted by Crippen LogP contribution is 2.31. The number of aromatic nitrogens is 2. The molecule has 0 aliphatic carbocycles. The lowest BCUT2D eigenvalue weighted by Crippen LogP contribution is -2.12. The lowest BCUT2D eigenvalue weighted by Gasteiger charge is -2.12. The molecule has 0 aliphatic heterocycles. The number of hydrogen-bond donors (Lipinski definition) is 1. The summed E-state index contributed by atoms with van der Waals surface area (Å²) in [7, 11) is 0. The van der Waals surface area contributed by atoms with Gasteiger partial charge in [0.05, 0.1) is 9.13 Å². The van der Waals surface area contributed by atoms with Crippen molar-refractivity contribution in [3.63, 3.8) is 0 Å². The van der Waals surface area contributed by atoms with Crippen molar-refractivity contribution >= 4 is 40.1 Å². The molecule has 0 atom stereocenters. The van der Waals surface area contributed by atoms with Crippen LogP contribution in [0.4, 0.5) is 0 Å². The van der Waals surface area contributed by atoms with Crippen LogP contribution in [-0.2, 0) is 5.41 Å². The topological polar surface area (TPSA) is 72.3 Å². The highest BCUT2D eigenvalue weighted by molar-refractivity contribution is 14.1. The minimum atomic E-state index is -0.987. The molecule has 5 nitrogen and oxygen atoms in total. The number of hydrogen-bond acceptors (Lipinski definition) is 5. The molecule has 0 bridgehead atoms. The van der Waals surface area contributed by atoms with Gasteiger partial charge < -0.3 is 9.84 Å². The summed E-state index contributed by atoms with van der Waals surface area (Å²) in [6, 6.07) is 4.73. The molecule has 2 aromatic rings. The Morgan fingerprint density at radius 1 is 1.40 bits per heavy atom. The number of carboxylic acid groups (broad SMARTS) is 1. The Bertz CT molecular complexity index is 649. The average molecular weight is 404 g/mol. The maximum Gasteiger partial charge on any atom is 0.335 e. The molecule has 0 spiro atoms. The van der Waals surface area contributed by atoms with Crippen LogP contribution in [0.25, 0.3) is 0 Å². The van der Waals surface area contributed by atoms with Gasteiger partial charge in [-0.05, 0) is 40.8 Å². The molecule has 0 saturated heterocycles. The molecule has 7 heteroatoms. The number of nitrogens with zero attached hydrogens (tertiary/aromatic N) is 2.